The van der Waals surface area contributed by atoms with Gasteiger partial charge in [-0.25, -0.2) is 13.8 Å². The van der Waals surface area contributed by atoms with E-state index in [1.807, 2.05) is 10.6 Å². The molecule has 0 saturated heterocycles. The minimum Gasteiger partial charge on any atom is -0.323 e. The summed E-state index contributed by atoms with van der Waals surface area (Å²) in [6, 6.07) is 4.86. The Hall–Kier alpha value is -1.71. The predicted octanol–water partition coefficient (Wildman–Crippen LogP) is 6.17. The van der Waals surface area contributed by atoms with Crippen molar-refractivity contribution in [2.45, 2.75) is 64.6 Å². The van der Waals surface area contributed by atoms with Gasteiger partial charge in [0, 0.05) is 17.5 Å². The van der Waals surface area contributed by atoms with Gasteiger partial charge in [0.15, 0.2) is 0 Å². The highest BCUT2D eigenvalue weighted by molar-refractivity contribution is 5.69. The van der Waals surface area contributed by atoms with Crippen LogP contribution in [0.2, 0.25) is 0 Å². The molecular weight excluding hydrogens is 342 g/mol. The largest absolute Gasteiger partial charge is 0.323 e. The van der Waals surface area contributed by atoms with E-state index in [1.54, 1.807) is 18.6 Å². The molecule has 2 heterocycles. The fourth-order valence-corrected chi connectivity index (χ4v) is 6.60. The van der Waals surface area contributed by atoms with Gasteiger partial charge < -0.3 is 4.57 Å². The molecule has 27 heavy (non-hydrogen) atoms. The van der Waals surface area contributed by atoms with Gasteiger partial charge in [-0.3, -0.25) is 0 Å². The van der Waals surface area contributed by atoms with Crippen molar-refractivity contribution in [3.63, 3.8) is 0 Å². The molecule has 2 aromatic rings. The Balaban J connectivity index is 1.43. The van der Waals surface area contributed by atoms with Crippen LogP contribution in [-0.2, 0) is 0 Å². The van der Waals surface area contributed by atoms with Crippen molar-refractivity contribution in [1.29, 1.82) is 0 Å². The number of rotatable bonds is 3. The summed E-state index contributed by atoms with van der Waals surface area (Å²) in [5, 5.41) is 0. The Morgan fingerprint density at radius 1 is 1.22 bits per heavy atom. The number of fused-ring (bicyclic) bond motifs is 5. The maximum absolute atomic E-state index is 15.8. The second-order valence-electron chi connectivity index (χ2n) is 9.71. The van der Waals surface area contributed by atoms with Crippen molar-refractivity contribution in [3.8, 4) is 11.3 Å². The van der Waals surface area contributed by atoms with Crippen LogP contribution in [0.25, 0.3) is 11.3 Å². The zero-order chi connectivity index (χ0) is 18.8. The lowest BCUT2D eigenvalue weighted by Gasteiger charge is -2.49. The van der Waals surface area contributed by atoms with Crippen molar-refractivity contribution in [2.24, 2.45) is 23.2 Å². The zero-order valence-electron chi connectivity index (χ0n) is 16.2. The Labute approximate surface area is 160 Å². The second-order valence-corrected chi connectivity index (χ2v) is 9.71. The number of hydrogen-bond donors (Lipinski definition) is 0. The highest BCUT2D eigenvalue weighted by Crippen LogP contribution is 2.54. The first-order valence-corrected chi connectivity index (χ1v) is 10.4. The number of aromatic nitrogens is 2. The predicted molar refractivity (Wildman–Crippen MR) is 103 cm³/mol. The minimum atomic E-state index is -0.929. The van der Waals surface area contributed by atoms with Crippen molar-refractivity contribution in [3.05, 3.63) is 42.1 Å². The van der Waals surface area contributed by atoms with Gasteiger partial charge in [-0.1, -0.05) is 26.0 Å². The van der Waals surface area contributed by atoms with Gasteiger partial charge in [-0.05, 0) is 61.3 Å². The molecule has 144 valence electrons. The molecular formula is C23H28F2N2. The summed E-state index contributed by atoms with van der Waals surface area (Å²) in [6.45, 7) is 4.48. The van der Waals surface area contributed by atoms with Crippen LogP contribution < -0.4 is 0 Å². The molecule has 2 nitrogen and oxygen atoms in total. The third kappa shape index (κ3) is 2.75. The molecule has 2 fully saturated rings. The van der Waals surface area contributed by atoms with Crippen LogP contribution in [0, 0.1) is 29.0 Å². The Morgan fingerprint density at radius 2 is 1.96 bits per heavy atom. The monoisotopic (exact) mass is 370 g/mol. The van der Waals surface area contributed by atoms with E-state index >= 15 is 4.39 Å². The molecule has 0 spiro atoms. The molecule has 1 aromatic carbocycles. The zero-order valence-corrected chi connectivity index (χ0v) is 16.2. The molecule has 4 unspecified atom stereocenters. The van der Waals surface area contributed by atoms with Gasteiger partial charge in [0.25, 0.3) is 0 Å². The van der Waals surface area contributed by atoms with Crippen molar-refractivity contribution < 1.29 is 8.78 Å². The SMILES string of the molecule is CC1CC2CC(C1)CC(C)(C(F)CC1c3c(F)cccc3-c3cncn31)C2. The first-order valence-electron chi connectivity index (χ1n) is 10.4. The number of nitrogens with zero attached hydrogens (tertiary/aromatic N) is 2. The maximum atomic E-state index is 15.8. The summed E-state index contributed by atoms with van der Waals surface area (Å²) in [5.41, 5.74) is 2.12. The topological polar surface area (TPSA) is 17.8 Å². The average Bonchev–Trinajstić information content (AvgIpc) is 3.17. The average molecular weight is 370 g/mol. The molecule has 0 radical (unpaired) electrons. The molecule has 2 bridgehead atoms. The summed E-state index contributed by atoms with van der Waals surface area (Å²) in [7, 11) is 0. The van der Waals surface area contributed by atoms with Gasteiger partial charge in [0.1, 0.15) is 12.0 Å². The Morgan fingerprint density at radius 3 is 2.70 bits per heavy atom. The molecule has 2 aliphatic carbocycles. The number of benzene rings is 1. The lowest BCUT2D eigenvalue weighted by molar-refractivity contribution is -0.0152. The van der Waals surface area contributed by atoms with Crippen LogP contribution in [0.5, 0.6) is 0 Å². The molecule has 1 aromatic heterocycles. The quantitative estimate of drug-likeness (QED) is 0.631. The summed E-state index contributed by atoms with van der Waals surface area (Å²) in [5.74, 6) is 1.87. The van der Waals surface area contributed by atoms with E-state index in [0.717, 1.165) is 30.0 Å². The van der Waals surface area contributed by atoms with E-state index in [0.29, 0.717) is 23.8 Å². The highest BCUT2D eigenvalue weighted by Gasteiger charge is 2.47. The van der Waals surface area contributed by atoms with Crippen molar-refractivity contribution >= 4 is 0 Å². The number of alkyl halides is 1. The first-order chi connectivity index (χ1) is 12.9. The van der Waals surface area contributed by atoms with Crippen LogP contribution >= 0.6 is 0 Å². The van der Waals surface area contributed by atoms with Crippen LogP contribution in [0.3, 0.4) is 0 Å². The second kappa shape index (κ2) is 6.15. The van der Waals surface area contributed by atoms with Crippen LogP contribution in [0.15, 0.2) is 30.7 Å². The number of imidazole rings is 1. The van der Waals surface area contributed by atoms with Gasteiger partial charge in [0.05, 0.1) is 24.3 Å². The van der Waals surface area contributed by atoms with Crippen molar-refractivity contribution in [2.75, 3.05) is 0 Å². The van der Waals surface area contributed by atoms with Gasteiger partial charge in [0.2, 0.25) is 0 Å². The number of hydrogen-bond acceptors (Lipinski definition) is 1. The first kappa shape index (κ1) is 17.4. The van der Waals surface area contributed by atoms with Gasteiger partial charge >= 0.3 is 0 Å². The third-order valence-electron chi connectivity index (χ3n) is 7.50. The summed E-state index contributed by atoms with van der Waals surface area (Å²) >= 11 is 0. The molecule has 5 rings (SSSR count). The molecule has 0 N–H and O–H groups in total. The van der Waals surface area contributed by atoms with E-state index in [9.17, 15) is 4.39 Å². The van der Waals surface area contributed by atoms with Crippen LogP contribution in [0.4, 0.5) is 8.78 Å². The fourth-order valence-electron chi connectivity index (χ4n) is 6.60. The summed E-state index contributed by atoms with van der Waals surface area (Å²) < 4.78 is 32.4. The Bertz CT molecular complexity index is 840. The standard InChI is InChI=1S/C23H28F2N2/c1-14-6-15-8-16(7-14)11-23(2,10-15)21(25)9-19-22-17(4-3-5-18(22)24)20-12-26-13-27(19)20/h3-5,12-16,19,21H,6-11H2,1-2H3. The maximum Gasteiger partial charge on any atom is 0.129 e. The normalized spacial score (nSPS) is 35.6. The fraction of sp³-hybridized carbons (Fsp3) is 0.609. The van der Waals surface area contributed by atoms with Gasteiger partial charge in [-0.15, -0.1) is 0 Å². The Kier molecular flexibility index (Phi) is 3.96. The van der Waals surface area contributed by atoms with Crippen LogP contribution in [0.1, 0.15) is 64.0 Å². The third-order valence-corrected chi connectivity index (χ3v) is 7.50. The minimum absolute atomic E-state index is 0.229. The van der Waals surface area contributed by atoms with E-state index in [4.69, 9.17) is 0 Å². The molecule has 2 saturated carbocycles. The molecule has 1 aliphatic heterocycles. The molecule has 3 aliphatic rings. The molecule has 0 amide bonds. The van der Waals surface area contributed by atoms with E-state index in [1.165, 1.54) is 25.3 Å². The lowest BCUT2D eigenvalue weighted by atomic mass is 9.57. The van der Waals surface area contributed by atoms with E-state index in [-0.39, 0.29) is 17.3 Å². The van der Waals surface area contributed by atoms with E-state index < -0.39 is 6.17 Å². The smallest absolute Gasteiger partial charge is 0.129 e. The summed E-state index contributed by atoms with van der Waals surface area (Å²) in [6.07, 6.45) is 8.61. The summed E-state index contributed by atoms with van der Waals surface area (Å²) in [4.78, 5) is 4.23. The van der Waals surface area contributed by atoms with E-state index in [2.05, 4.69) is 18.8 Å². The molecule has 4 heteroatoms. The van der Waals surface area contributed by atoms with Crippen LogP contribution in [-0.4, -0.2) is 15.7 Å². The number of halogens is 2. The van der Waals surface area contributed by atoms with Gasteiger partial charge in [-0.2, -0.15) is 0 Å². The van der Waals surface area contributed by atoms with Crippen molar-refractivity contribution in [1.82, 2.24) is 9.55 Å². The highest BCUT2D eigenvalue weighted by atomic mass is 19.1. The molecule has 4 atom stereocenters. The lowest BCUT2D eigenvalue weighted by Crippen LogP contribution is -2.42.